The van der Waals surface area contributed by atoms with Crippen LogP contribution in [-0.2, 0) is 0 Å². The number of nitrogens with zero attached hydrogens (tertiary/aromatic N) is 2. The molecule has 0 fully saturated rings. The Hall–Kier alpha value is -0.870. The Morgan fingerprint density at radius 1 is 1.10 bits per heavy atom. The Bertz CT molecular complexity index is 458. The Kier molecular flexibility index (Phi) is 7.97. The Morgan fingerprint density at radius 2 is 1.76 bits per heavy atom. The van der Waals surface area contributed by atoms with Crippen molar-refractivity contribution in [2.24, 2.45) is 0 Å². The van der Waals surface area contributed by atoms with Gasteiger partial charge >= 0.3 is 0 Å². The van der Waals surface area contributed by atoms with E-state index in [0.29, 0.717) is 0 Å². The molecule has 0 aliphatic carbocycles. The van der Waals surface area contributed by atoms with Crippen LogP contribution in [0, 0.1) is 6.92 Å². The Balaban J connectivity index is 2.67. The van der Waals surface area contributed by atoms with Crippen molar-refractivity contribution in [3.63, 3.8) is 0 Å². The summed E-state index contributed by atoms with van der Waals surface area (Å²) in [6.45, 7) is 13.2. The number of hydrogen-bond acceptors (Lipinski definition) is 2. The maximum Gasteiger partial charge on any atom is 0.254 e. The summed E-state index contributed by atoms with van der Waals surface area (Å²) in [5, 5.41) is 0. The average molecular weight is 355 g/mol. The summed E-state index contributed by atoms with van der Waals surface area (Å²) in [6, 6.07) is 5.85. The summed E-state index contributed by atoms with van der Waals surface area (Å²) in [7, 11) is 0. The van der Waals surface area contributed by atoms with Gasteiger partial charge in [-0.15, -0.1) is 0 Å². The van der Waals surface area contributed by atoms with Gasteiger partial charge in [-0.2, -0.15) is 0 Å². The smallest absolute Gasteiger partial charge is 0.254 e. The first-order valence-corrected chi connectivity index (χ1v) is 8.61. The van der Waals surface area contributed by atoms with Gasteiger partial charge in [-0.05, 0) is 67.5 Å². The van der Waals surface area contributed by atoms with Crippen molar-refractivity contribution in [1.29, 1.82) is 0 Å². The van der Waals surface area contributed by atoms with Crippen molar-refractivity contribution in [3.8, 4) is 0 Å². The lowest BCUT2D eigenvalue weighted by Gasteiger charge is -2.24. The van der Waals surface area contributed by atoms with Gasteiger partial charge in [0.15, 0.2) is 0 Å². The average Bonchev–Trinajstić information content (AvgIpc) is 2.50. The van der Waals surface area contributed by atoms with Crippen LogP contribution in [0.5, 0.6) is 0 Å². The largest absolute Gasteiger partial charge is 0.339 e. The summed E-state index contributed by atoms with van der Waals surface area (Å²) >= 11 is 3.54. The highest BCUT2D eigenvalue weighted by atomic mass is 79.9. The second-order valence-corrected chi connectivity index (χ2v) is 5.99. The van der Waals surface area contributed by atoms with E-state index in [-0.39, 0.29) is 5.91 Å². The van der Waals surface area contributed by atoms with Gasteiger partial charge in [-0.25, -0.2) is 0 Å². The molecule has 1 rings (SSSR count). The Morgan fingerprint density at radius 3 is 2.33 bits per heavy atom. The summed E-state index contributed by atoms with van der Waals surface area (Å²) in [5.74, 6) is 0.118. The number of amides is 1. The minimum atomic E-state index is 0.118. The van der Waals surface area contributed by atoms with E-state index in [1.807, 2.05) is 36.9 Å². The first-order valence-electron chi connectivity index (χ1n) is 7.81. The molecule has 0 aliphatic rings. The van der Waals surface area contributed by atoms with E-state index in [2.05, 4.69) is 34.7 Å². The van der Waals surface area contributed by atoms with Gasteiger partial charge in [-0.1, -0.05) is 26.0 Å². The fraction of sp³-hybridized carbons (Fsp3) is 0.588. The van der Waals surface area contributed by atoms with Crippen LogP contribution in [-0.4, -0.2) is 48.4 Å². The monoisotopic (exact) mass is 354 g/mol. The van der Waals surface area contributed by atoms with E-state index in [1.165, 1.54) is 0 Å². The molecule has 0 N–H and O–H groups in total. The highest BCUT2D eigenvalue weighted by Crippen LogP contribution is 2.22. The van der Waals surface area contributed by atoms with Gasteiger partial charge in [0.1, 0.15) is 0 Å². The van der Waals surface area contributed by atoms with Crippen LogP contribution in [0.3, 0.4) is 0 Å². The number of benzene rings is 1. The van der Waals surface area contributed by atoms with E-state index in [0.717, 1.165) is 54.7 Å². The highest BCUT2D eigenvalue weighted by Gasteiger charge is 2.17. The lowest BCUT2D eigenvalue weighted by molar-refractivity contribution is 0.0756. The molecule has 0 aliphatic heterocycles. The molecule has 3 nitrogen and oxygen atoms in total. The number of halogens is 1. The summed E-state index contributed by atoms with van der Waals surface area (Å²) in [6.07, 6.45) is 1.02. The van der Waals surface area contributed by atoms with Crippen molar-refractivity contribution in [2.45, 2.75) is 34.1 Å². The highest BCUT2D eigenvalue weighted by molar-refractivity contribution is 9.10. The summed E-state index contributed by atoms with van der Waals surface area (Å²) in [4.78, 5) is 17.0. The molecular formula is C17H27BrN2O. The maximum atomic E-state index is 12.6. The second kappa shape index (κ2) is 9.21. The molecule has 1 aromatic carbocycles. The fourth-order valence-corrected chi connectivity index (χ4v) is 2.85. The first-order chi connectivity index (χ1) is 10.0. The lowest BCUT2D eigenvalue weighted by atomic mass is 10.1. The zero-order chi connectivity index (χ0) is 15.8. The lowest BCUT2D eigenvalue weighted by Crippen LogP contribution is -2.34. The molecule has 0 aromatic heterocycles. The van der Waals surface area contributed by atoms with Crippen LogP contribution >= 0.6 is 15.9 Å². The normalized spacial score (nSPS) is 11.0. The van der Waals surface area contributed by atoms with Gasteiger partial charge in [-0.3, -0.25) is 4.79 Å². The van der Waals surface area contributed by atoms with E-state index in [1.54, 1.807) is 0 Å². The molecule has 0 radical (unpaired) electrons. The van der Waals surface area contributed by atoms with Gasteiger partial charge in [0.05, 0.1) is 5.56 Å². The van der Waals surface area contributed by atoms with Crippen LogP contribution in [0.15, 0.2) is 22.7 Å². The predicted molar refractivity (Wildman–Crippen MR) is 92.9 cm³/mol. The topological polar surface area (TPSA) is 23.6 Å². The number of carbonyl (C=O) groups excluding carboxylic acids is 1. The number of aryl methyl sites for hydroxylation is 1. The summed E-state index contributed by atoms with van der Waals surface area (Å²) in [5.41, 5.74) is 1.86. The van der Waals surface area contributed by atoms with E-state index in [9.17, 15) is 4.79 Å². The third-order valence-electron chi connectivity index (χ3n) is 3.89. The zero-order valence-corrected chi connectivity index (χ0v) is 15.2. The summed E-state index contributed by atoms with van der Waals surface area (Å²) < 4.78 is 0.914. The van der Waals surface area contributed by atoms with Crippen LogP contribution in [0.25, 0.3) is 0 Å². The molecule has 0 spiro atoms. The van der Waals surface area contributed by atoms with Crippen LogP contribution in [0.4, 0.5) is 0 Å². The minimum Gasteiger partial charge on any atom is -0.339 e. The zero-order valence-electron chi connectivity index (χ0n) is 13.7. The van der Waals surface area contributed by atoms with E-state index >= 15 is 0 Å². The molecule has 118 valence electrons. The molecule has 0 saturated heterocycles. The molecule has 1 aromatic rings. The number of rotatable bonds is 8. The molecule has 0 heterocycles. The molecule has 21 heavy (non-hydrogen) atoms. The van der Waals surface area contributed by atoms with Crippen molar-refractivity contribution in [1.82, 2.24) is 9.80 Å². The maximum absolute atomic E-state index is 12.6. The van der Waals surface area contributed by atoms with Crippen LogP contribution in [0.1, 0.15) is 43.1 Å². The Labute approximate surface area is 137 Å². The minimum absolute atomic E-state index is 0.118. The van der Waals surface area contributed by atoms with Gasteiger partial charge in [0.2, 0.25) is 0 Å². The third kappa shape index (κ3) is 5.11. The molecule has 0 bridgehead atoms. The van der Waals surface area contributed by atoms with Gasteiger partial charge in [0.25, 0.3) is 5.91 Å². The first kappa shape index (κ1) is 18.2. The van der Waals surface area contributed by atoms with Gasteiger partial charge < -0.3 is 9.80 Å². The van der Waals surface area contributed by atoms with Crippen LogP contribution in [0.2, 0.25) is 0 Å². The van der Waals surface area contributed by atoms with Crippen LogP contribution < -0.4 is 0 Å². The molecule has 4 heteroatoms. The third-order valence-corrected chi connectivity index (χ3v) is 4.94. The predicted octanol–water partition coefficient (Wildman–Crippen LogP) is 3.95. The van der Waals surface area contributed by atoms with Gasteiger partial charge in [0, 0.05) is 17.6 Å². The SMILES string of the molecule is CCN(CC)CCCN(CC)C(=O)c1cccc(C)c1Br. The van der Waals surface area contributed by atoms with E-state index in [4.69, 9.17) is 0 Å². The van der Waals surface area contributed by atoms with Crippen molar-refractivity contribution < 1.29 is 4.79 Å². The molecule has 1 amide bonds. The molecular weight excluding hydrogens is 328 g/mol. The number of hydrogen-bond donors (Lipinski definition) is 0. The van der Waals surface area contributed by atoms with E-state index < -0.39 is 0 Å². The molecule has 0 saturated carbocycles. The van der Waals surface area contributed by atoms with Crippen molar-refractivity contribution in [3.05, 3.63) is 33.8 Å². The van der Waals surface area contributed by atoms with Crippen molar-refractivity contribution >= 4 is 21.8 Å². The van der Waals surface area contributed by atoms with Crippen molar-refractivity contribution in [2.75, 3.05) is 32.7 Å². The standard InChI is InChI=1S/C17H27BrN2O/c1-5-19(6-2)12-9-13-20(7-3)17(21)15-11-8-10-14(4)16(15)18/h8,10-11H,5-7,9,12-13H2,1-4H3. The molecule has 0 unspecified atom stereocenters. The fourth-order valence-electron chi connectivity index (χ4n) is 2.41. The molecule has 0 atom stereocenters. The second-order valence-electron chi connectivity index (χ2n) is 5.20. The number of carbonyl (C=O) groups is 1. The quantitative estimate of drug-likeness (QED) is 0.705.